The largest absolute Gasteiger partial charge is 0.493 e. The molecule has 6 heteroatoms. The van der Waals surface area contributed by atoms with Crippen LogP contribution in [0.2, 0.25) is 0 Å². The van der Waals surface area contributed by atoms with E-state index >= 15 is 0 Å². The van der Waals surface area contributed by atoms with Crippen LogP contribution in [0.3, 0.4) is 0 Å². The Bertz CT molecular complexity index is 569. The average molecular weight is 333 g/mol. The van der Waals surface area contributed by atoms with Crippen molar-refractivity contribution in [2.45, 2.75) is 45.6 Å². The number of amides is 3. The summed E-state index contributed by atoms with van der Waals surface area (Å²) in [5.41, 5.74) is 7.41. The Morgan fingerprint density at radius 1 is 1.25 bits per heavy atom. The molecule has 0 spiro atoms. The fourth-order valence-corrected chi connectivity index (χ4v) is 3.18. The van der Waals surface area contributed by atoms with E-state index in [1.54, 1.807) is 0 Å². The molecular formula is C18H27N3O3. The minimum atomic E-state index is -0.550. The summed E-state index contributed by atoms with van der Waals surface area (Å²) in [5, 5.41) is 2.61. The van der Waals surface area contributed by atoms with Gasteiger partial charge in [0.1, 0.15) is 5.75 Å². The zero-order valence-corrected chi connectivity index (χ0v) is 14.5. The van der Waals surface area contributed by atoms with Crippen LogP contribution < -0.4 is 15.8 Å². The molecule has 1 fully saturated rings. The zero-order chi connectivity index (χ0) is 17.5. The van der Waals surface area contributed by atoms with Crippen LogP contribution in [0, 0.1) is 13.8 Å². The van der Waals surface area contributed by atoms with Crippen LogP contribution in [0.1, 0.15) is 36.8 Å². The minimum absolute atomic E-state index is 0.0277. The fraction of sp³-hybridized carbons (Fsp3) is 0.556. The van der Waals surface area contributed by atoms with Gasteiger partial charge in [-0.05, 0) is 56.4 Å². The van der Waals surface area contributed by atoms with Crippen molar-refractivity contribution < 1.29 is 14.3 Å². The van der Waals surface area contributed by atoms with Crippen molar-refractivity contribution in [1.82, 2.24) is 10.2 Å². The molecule has 1 aromatic carbocycles. The van der Waals surface area contributed by atoms with Gasteiger partial charge in [-0.3, -0.25) is 4.79 Å². The number of nitrogens with zero attached hydrogens (tertiary/aromatic N) is 1. The highest BCUT2D eigenvalue weighted by atomic mass is 16.5. The number of carbonyl (C=O) groups is 2. The van der Waals surface area contributed by atoms with E-state index < -0.39 is 6.03 Å². The van der Waals surface area contributed by atoms with Crippen molar-refractivity contribution >= 4 is 11.9 Å². The highest BCUT2D eigenvalue weighted by Crippen LogP contribution is 2.19. The summed E-state index contributed by atoms with van der Waals surface area (Å²) in [5.74, 6) is 0.862. The predicted octanol–water partition coefficient (Wildman–Crippen LogP) is 2.12. The summed E-state index contributed by atoms with van der Waals surface area (Å²) in [6.45, 7) is 5.55. The van der Waals surface area contributed by atoms with Crippen molar-refractivity contribution in [3.05, 3.63) is 29.3 Å². The number of nitrogens with one attached hydrogen (secondary N) is 1. The molecule has 1 saturated heterocycles. The van der Waals surface area contributed by atoms with Crippen LogP contribution in [0.5, 0.6) is 5.75 Å². The number of piperidine rings is 1. The van der Waals surface area contributed by atoms with E-state index in [1.807, 2.05) is 30.9 Å². The van der Waals surface area contributed by atoms with E-state index in [0.717, 1.165) is 42.7 Å². The van der Waals surface area contributed by atoms with Crippen molar-refractivity contribution in [2.75, 3.05) is 19.7 Å². The Morgan fingerprint density at radius 2 is 1.96 bits per heavy atom. The first-order chi connectivity index (χ1) is 11.5. The zero-order valence-electron chi connectivity index (χ0n) is 14.5. The predicted molar refractivity (Wildman–Crippen MR) is 93.0 cm³/mol. The molecule has 0 bridgehead atoms. The molecule has 1 aromatic rings. The molecule has 1 unspecified atom stereocenters. The summed E-state index contributed by atoms with van der Waals surface area (Å²) in [7, 11) is 0. The summed E-state index contributed by atoms with van der Waals surface area (Å²) in [4.78, 5) is 25.2. The third-order valence-electron chi connectivity index (χ3n) is 4.24. The van der Waals surface area contributed by atoms with Gasteiger partial charge in [-0.1, -0.05) is 6.07 Å². The number of ether oxygens (including phenoxy) is 1. The first kappa shape index (κ1) is 18.1. The summed E-state index contributed by atoms with van der Waals surface area (Å²) >= 11 is 0. The van der Waals surface area contributed by atoms with Gasteiger partial charge in [0.25, 0.3) is 0 Å². The quantitative estimate of drug-likeness (QED) is 0.836. The van der Waals surface area contributed by atoms with Gasteiger partial charge in [0.05, 0.1) is 13.0 Å². The molecule has 132 valence electrons. The van der Waals surface area contributed by atoms with Gasteiger partial charge in [0, 0.05) is 19.1 Å². The maximum absolute atomic E-state index is 12.5. The van der Waals surface area contributed by atoms with E-state index in [2.05, 4.69) is 11.4 Å². The Kier molecular flexibility index (Phi) is 6.46. The number of primary amides is 1. The number of likely N-dealkylation sites (tertiary alicyclic amines) is 1. The van der Waals surface area contributed by atoms with Crippen molar-refractivity contribution in [3.8, 4) is 5.75 Å². The second-order valence-electron chi connectivity index (χ2n) is 6.40. The molecule has 3 N–H and O–H groups in total. The highest BCUT2D eigenvalue weighted by molar-refractivity contribution is 5.77. The Morgan fingerprint density at radius 3 is 2.62 bits per heavy atom. The molecule has 0 aromatic heterocycles. The molecule has 3 amide bonds. The first-order valence-electron chi connectivity index (χ1n) is 8.49. The van der Waals surface area contributed by atoms with Gasteiger partial charge in [-0.25, -0.2) is 4.79 Å². The van der Waals surface area contributed by atoms with Crippen LogP contribution >= 0.6 is 0 Å². The van der Waals surface area contributed by atoms with Crippen LogP contribution in [0.15, 0.2) is 18.2 Å². The van der Waals surface area contributed by atoms with Crippen molar-refractivity contribution in [3.63, 3.8) is 0 Å². The number of benzene rings is 1. The molecule has 0 radical (unpaired) electrons. The lowest BCUT2D eigenvalue weighted by Crippen LogP contribution is -2.50. The topological polar surface area (TPSA) is 84.7 Å². The van der Waals surface area contributed by atoms with E-state index in [1.165, 1.54) is 0 Å². The third-order valence-corrected chi connectivity index (χ3v) is 4.24. The van der Waals surface area contributed by atoms with Crippen LogP contribution in [0.25, 0.3) is 0 Å². The summed E-state index contributed by atoms with van der Waals surface area (Å²) in [6, 6.07) is 5.50. The molecule has 1 atom stereocenters. The van der Waals surface area contributed by atoms with Crippen molar-refractivity contribution in [1.29, 1.82) is 0 Å². The molecule has 0 saturated carbocycles. The average Bonchev–Trinajstić information content (AvgIpc) is 2.52. The number of urea groups is 1. The number of hydrogen-bond donors (Lipinski definition) is 2. The lowest BCUT2D eigenvalue weighted by atomic mass is 10.0. The van der Waals surface area contributed by atoms with Gasteiger partial charge in [0.15, 0.2) is 0 Å². The van der Waals surface area contributed by atoms with E-state index in [9.17, 15) is 9.59 Å². The van der Waals surface area contributed by atoms with Gasteiger partial charge in [-0.2, -0.15) is 0 Å². The molecule has 0 aliphatic carbocycles. The number of aryl methyl sites for hydroxylation is 2. The van der Waals surface area contributed by atoms with E-state index in [0.29, 0.717) is 19.6 Å². The molecule has 6 nitrogen and oxygen atoms in total. The standard InChI is InChI=1S/C18H27N3O3/c1-13-9-14(2)11-16(10-13)24-8-6-17(22)21-7-4-3-5-15(21)12-20-18(19)23/h9-11,15H,3-8,12H2,1-2H3,(H3,19,20,23). The highest BCUT2D eigenvalue weighted by Gasteiger charge is 2.26. The maximum atomic E-state index is 12.5. The summed E-state index contributed by atoms with van der Waals surface area (Å²) < 4.78 is 5.73. The second kappa shape index (κ2) is 8.57. The monoisotopic (exact) mass is 333 g/mol. The summed E-state index contributed by atoms with van der Waals surface area (Å²) in [6.07, 6.45) is 3.29. The number of rotatable bonds is 6. The number of nitrogens with two attached hydrogens (primary N) is 1. The number of hydrogen-bond acceptors (Lipinski definition) is 3. The molecule has 1 aliphatic rings. The number of carbonyl (C=O) groups excluding carboxylic acids is 2. The molecule has 1 aliphatic heterocycles. The van der Waals surface area contributed by atoms with Crippen molar-refractivity contribution in [2.24, 2.45) is 5.73 Å². The third kappa shape index (κ3) is 5.44. The van der Waals surface area contributed by atoms with E-state index in [-0.39, 0.29) is 11.9 Å². The lowest BCUT2D eigenvalue weighted by molar-refractivity contribution is -0.135. The van der Waals surface area contributed by atoms with E-state index in [4.69, 9.17) is 10.5 Å². The first-order valence-corrected chi connectivity index (χ1v) is 8.49. The van der Waals surface area contributed by atoms with Crippen LogP contribution in [-0.4, -0.2) is 42.6 Å². The minimum Gasteiger partial charge on any atom is -0.493 e. The molecule has 1 heterocycles. The van der Waals surface area contributed by atoms with Gasteiger partial charge in [-0.15, -0.1) is 0 Å². The Hall–Kier alpha value is -2.24. The molecule has 24 heavy (non-hydrogen) atoms. The SMILES string of the molecule is Cc1cc(C)cc(OCCC(=O)N2CCCCC2CNC(N)=O)c1. The smallest absolute Gasteiger partial charge is 0.312 e. The van der Waals surface area contributed by atoms with Crippen LogP contribution in [-0.2, 0) is 4.79 Å². The van der Waals surface area contributed by atoms with Gasteiger partial charge < -0.3 is 20.7 Å². The normalized spacial score (nSPS) is 17.4. The maximum Gasteiger partial charge on any atom is 0.312 e. The fourth-order valence-electron chi connectivity index (χ4n) is 3.18. The Labute approximate surface area is 143 Å². The van der Waals surface area contributed by atoms with Gasteiger partial charge >= 0.3 is 6.03 Å². The molecule has 2 rings (SSSR count). The second-order valence-corrected chi connectivity index (χ2v) is 6.40. The molecular weight excluding hydrogens is 306 g/mol. The van der Waals surface area contributed by atoms with Gasteiger partial charge in [0.2, 0.25) is 5.91 Å². The van der Waals surface area contributed by atoms with Crippen LogP contribution in [0.4, 0.5) is 4.79 Å². The Balaban J connectivity index is 1.84. The lowest BCUT2D eigenvalue weighted by Gasteiger charge is -2.35.